The quantitative estimate of drug-likeness (QED) is 0.173. The van der Waals surface area contributed by atoms with E-state index in [1.165, 1.54) is 14.0 Å². The second kappa shape index (κ2) is 9.92. The van der Waals surface area contributed by atoms with Crippen LogP contribution in [0.3, 0.4) is 0 Å². The Labute approximate surface area is 179 Å². The van der Waals surface area contributed by atoms with Gasteiger partial charge in [-0.25, -0.2) is 18.7 Å². The van der Waals surface area contributed by atoms with Crippen LogP contribution in [0.25, 0.3) is 0 Å². The lowest BCUT2D eigenvalue weighted by Gasteiger charge is -2.19. The summed E-state index contributed by atoms with van der Waals surface area (Å²) in [6, 6.07) is 0. The molecule has 6 atom stereocenters. The number of aromatic nitrogens is 2. The van der Waals surface area contributed by atoms with Crippen molar-refractivity contribution < 1.29 is 61.0 Å². The Morgan fingerprint density at radius 3 is 2.34 bits per heavy atom. The molecule has 3 unspecified atom stereocenters. The number of nitrogens with one attached hydrogen (secondary N) is 1. The molecular weight excluding hydrogens is 501 g/mol. The standard InChI is InChI=1S/C13H19N2O14P3/c1-4-7-9(14-6(2)13(17)15-7)11-12(25-3)10(16)8(27-11)5-26-31(21,22)29-32(23,24)28-30(18,19)20/h1,8,10-12,16H,5H2,2-3H3,(H,15,17)(H,21,22)(H,23,24)(H2,18,19,20)/t8-,10?,11+,12+/m1/s1. The molecule has 2 heterocycles. The van der Waals surface area contributed by atoms with Crippen LogP contribution in [0.2, 0.25) is 0 Å². The summed E-state index contributed by atoms with van der Waals surface area (Å²) in [7, 11) is -15.5. The SMILES string of the molecule is C#Cc1[nH]c(=O)c(C)nc1[C@@H]1O[C@H](COP(=O)(O)OP(=O)(O)OP(=O)(O)O)C(O)[C@@H]1OC. The molecular formula is C13H19N2O14P3. The second-order valence-electron chi connectivity index (χ2n) is 6.23. The number of H-pyrrole nitrogens is 1. The van der Waals surface area contributed by atoms with Crippen molar-refractivity contribution in [1.82, 2.24) is 9.97 Å². The van der Waals surface area contributed by atoms with Gasteiger partial charge in [-0.2, -0.15) is 8.62 Å². The molecule has 32 heavy (non-hydrogen) atoms. The molecule has 1 aromatic rings. The number of aliphatic hydroxyl groups is 1. The maximum Gasteiger partial charge on any atom is 0.490 e. The number of hydrogen-bond donors (Lipinski definition) is 6. The lowest BCUT2D eigenvalue weighted by molar-refractivity contribution is -0.0248. The largest absolute Gasteiger partial charge is 0.490 e. The molecule has 180 valence electrons. The van der Waals surface area contributed by atoms with Gasteiger partial charge in [-0.3, -0.25) is 9.32 Å². The summed E-state index contributed by atoms with van der Waals surface area (Å²) in [4.78, 5) is 53.9. The van der Waals surface area contributed by atoms with Crippen molar-refractivity contribution >= 4 is 23.5 Å². The molecule has 0 saturated carbocycles. The van der Waals surface area contributed by atoms with Gasteiger partial charge < -0.3 is 39.1 Å². The van der Waals surface area contributed by atoms with E-state index in [1.54, 1.807) is 0 Å². The highest BCUT2D eigenvalue weighted by molar-refractivity contribution is 7.66. The van der Waals surface area contributed by atoms with E-state index in [4.69, 9.17) is 30.6 Å². The van der Waals surface area contributed by atoms with Gasteiger partial charge in [0.25, 0.3) is 5.56 Å². The van der Waals surface area contributed by atoms with Crippen molar-refractivity contribution in [2.75, 3.05) is 13.7 Å². The van der Waals surface area contributed by atoms with Gasteiger partial charge in [0.05, 0.1) is 6.61 Å². The summed E-state index contributed by atoms with van der Waals surface area (Å²) in [5.74, 6) is 2.21. The molecule has 16 nitrogen and oxygen atoms in total. The van der Waals surface area contributed by atoms with Crippen LogP contribution in [0.1, 0.15) is 23.2 Å². The third-order valence-corrected chi connectivity index (χ3v) is 7.76. The van der Waals surface area contributed by atoms with Crippen LogP contribution in [0.15, 0.2) is 4.79 Å². The van der Waals surface area contributed by atoms with Crippen LogP contribution < -0.4 is 5.56 Å². The molecule has 0 radical (unpaired) electrons. The van der Waals surface area contributed by atoms with Crippen molar-refractivity contribution in [3.8, 4) is 12.3 Å². The second-order valence-corrected chi connectivity index (χ2v) is 10.6. The highest BCUT2D eigenvalue weighted by Crippen LogP contribution is 2.66. The Hall–Kier alpha value is -1.27. The first-order valence-electron chi connectivity index (χ1n) is 8.31. The van der Waals surface area contributed by atoms with Crippen molar-refractivity contribution in [1.29, 1.82) is 0 Å². The summed E-state index contributed by atoms with van der Waals surface area (Å²) in [6.45, 7) is 0.470. The minimum Gasteiger partial charge on any atom is -0.387 e. The van der Waals surface area contributed by atoms with E-state index in [2.05, 4.69) is 29.0 Å². The number of aryl methyl sites for hydroxylation is 1. The minimum absolute atomic E-state index is 0.0244. The maximum atomic E-state index is 11.9. The molecule has 1 aromatic heterocycles. The van der Waals surface area contributed by atoms with Crippen LogP contribution >= 0.6 is 23.5 Å². The molecule has 0 aliphatic carbocycles. The van der Waals surface area contributed by atoms with Crippen LogP contribution in [0.4, 0.5) is 0 Å². The van der Waals surface area contributed by atoms with E-state index < -0.39 is 60.1 Å². The van der Waals surface area contributed by atoms with E-state index in [0.29, 0.717) is 0 Å². The molecule has 1 fully saturated rings. The Balaban J connectivity index is 2.18. The van der Waals surface area contributed by atoms with E-state index in [0.717, 1.165) is 0 Å². The summed E-state index contributed by atoms with van der Waals surface area (Å²) in [5, 5.41) is 10.4. The van der Waals surface area contributed by atoms with Crippen molar-refractivity contribution in [3.05, 3.63) is 27.4 Å². The van der Waals surface area contributed by atoms with E-state index in [9.17, 15) is 28.5 Å². The number of hydrogen-bond acceptors (Lipinski definition) is 11. The zero-order valence-electron chi connectivity index (χ0n) is 16.3. The third kappa shape index (κ3) is 6.86. The van der Waals surface area contributed by atoms with Gasteiger partial charge >= 0.3 is 23.5 Å². The predicted molar refractivity (Wildman–Crippen MR) is 102 cm³/mol. The number of terminal acetylenes is 1. The van der Waals surface area contributed by atoms with Crippen LogP contribution in [0, 0.1) is 19.3 Å². The van der Waals surface area contributed by atoms with Crippen molar-refractivity contribution in [2.24, 2.45) is 0 Å². The zero-order valence-corrected chi connectivity index (χ0v) is 19.0. The van der Waals surface area contributed by atoms with Gasteiger partial charge in [-0.05, 0) is 6.92 Å². The summed E-state index contributed by atoms with van der Waals surface area (Å²) in [5.41, 5.74) is -0.563. The third-order valence-electron chi connectivity index (χ3n) is 3.95. The van der Waals surface area contributed by atoms with Crippen LogP contribution in [-0.4, -0.2) is 66.7 Å². The molecule has 19 heteroatoms. The predicted octanol–water partition coefficient (Wildman–Crippen LogP) is -0.781. The van der Waals surface area contributed by atoms with Gasteiger partial charge in [0, 0.05) is 7.11 Å². The number of phosphoric acid groups is 3. The number of phosphoric ester groups is 1. The molecule has 1 aliphatic rings. The average molecular weight is 520 g/mol. The molecule has 0 spiro atoms. The fourth-order valence-corrected chi connectivity index (χ4v) is 5.73. The molecule has 2 rings (SSSR count). The number of aromatic amines is 1. The summed E-state index contributed by atoms with van der Waals surface area (Å²) >= 11 is 0. The smallest absolute Gasteiger partial charge is 0.387 e. The van der Waals surface area contributed by atoms with E-state index >= 15 is 0 Å². The average Bonchev–Trinajstić information content (AvgIpc) is 2.94. The molecule has 1 saturated heterocycles. The Kier molecular flexibility index (Phi) is 8.37. The lowest BCUT2D eigenvalue weighted by atomic mass is 10.0. The molecule has 1 aliphatic heterocycles. The summed E-state index contributed by atoms with van der Waals surface area (Å²) in [6.07, 6.45) is 0.176. The number of ether oxygens (including phenoxy) is 2. The van der Waals surface area contributed by atoms with Gasteiger partial charge in [0.1, 0.15) is 41.5 Å². The number of aliphatic hydroxyl groups excluding tert-OH is 1. The number of nitrogens with zero attached hydrogens (tertiary/aromatic N) is 1. The Morgan fingerprint density at radius 2 is 1.81 bits per heavy atom. The number of methoxy groups -OCH3 is 1. The first-order valence-corrected chi connectivity index (χ1v) is 12.8. The fourth-order valence-electron chi connectivity index (χ4n) is 2.70. The molecule has 0 aromatic carbocycles. The normalized spacial score (nSPS) is 27.4. The fraction of sp³-hybridized carbons (Fsp3) is 0.538. The lowest BCUT2D eigenvalue weighted by Crippen LogP contribution is -2.34. The minimum atomic E-state index is -5.71. The van der Waals surface area contributed by atoms with Crippen molar-refractivity contribution in [3.63, 3.8) is 0 Å². The molecule has 0 amide bonds. The van der Waals surface area contributed by atoms with Gasteiger partial charge in [0.15, 0.2) is 0 Å². The topological polar surface area (TPSA) is 244 Å². The van der Waals surface area contributed by atoms with Crippen LogP contribution in [0.5, 0.6) is 0 Å². The monoisotopic (exact) mass is 520 g/mol. The number of rotatable bonds is 9. The Morgan fingerprint density at radius 1 is 1.19 bits per heavy atom. The van der Waals surface area contributed by atoms with Gasteiger partial charge in [-0.1, -0.05) is 5.92 Å². The molecule has 0 bridgehead atoms. The first kappa shape index (κ1) is 27.0. The molecule has 6 N–H and O–H groups in total. The maximum absolute atomic E-state index is 11.9. The highest BCUT2D eigenvalue weighted by atomic mass is 31.3. The van der Waals surface area contributed by atoms with Gasteiger partial charge in [-0.15, -0.1) is 6.42 Å². The Bertz CT molecular complexity index is 1090. The van der Waals surface area contributed by atoms with E-state index in [-0.39, 0.29) is 17.1 Å². The highest BCUT2D eigenvalue weighted by Gasteiger charge is 2.48. The first-order chi connectivity index (χ1) is 14.6. The summed E-state index contributed by atoms with van der Waals surface area (Å²) < 4.78 is 56.3. The van der Waals surface area contributed by atoms with E-state index in [1.807, 2.05) is 0 Å². The van der Waals surface area contributed by atoms with Crippen LogP contribution in [-0.2, 0) is 36.3 Å². The van der Waals surface area contributed by atoms with Crippen molar-refractivity contribution in [2.45, 2.75) is 31.3 Å². The zero-order chi connectivity index (χ0) is 24.5. The van der Waals surface area contributed by atoms with Gasteiger partial charge in [0.2, 0.25) is 0 Å².